The number of carbonyl (C=O) groups excluding carboxylic acids is 1. The molecule has 5 nitrogen and oxygen atoms in total. The molecule has 0 atom stereocenters. The second-order valence-electron chi connectivity index (χ2n) is 6.78. The highest BCUT2D eigenvalue weighted by Gasteiger charge is 2.17. The topological polar surface area (TPSA) is 64.0 Å². The van der Waals surface area contributed by atoms with Crippen LogP contribution in [0.25, 0.3) is 10.8 Å². The minimum Gasteiger partial charge on any atom is -0.321 e. The van der Waals surface area contributed by atoms with E-state index in [2.05, 4.69) is 17.3 Å². The van der Waals surface area contributed by atoms with E-state index in [9.17, 15) is 9.59 Å². The van der Waals surface area contributed by atoms with Crippen LogP contribution in [0.3, 0.4) is 0 Å². The lowest BCUT2D eigenvalue weighted by Gasteiger charge is -2.13. The molecule has 1 N–H and O–H groups in total. The Kier molecular flexibility index (Phi) is 5.16. The van der Waals surface area contributed by atoms with Gasteiger partial charge in [-0.25, -0.2) is 4.68 Å². The highest BCUT2D eigenvalue weighted by atomic mass is 16.2. The molecule has 0 saturated carbocycles. The molecule has 26 heavy (non-hydrogen) atoms. The minimum absolute atomic E-state index is 0.168. The first-order chi connectivity index (χ1) is 12.5. The van der Waals surface area contributed by atoms with Crippen LogP contribution in [0.5, 0.6) is 0 Å². The lowest BCUT2D eigenvalue weighted by Crippen LogP contribution is -2.29. The van der Waals surface area contributed by atoms with Crippen molar-refractivity contribution in [1.82, 2.24) is 9.78 Å². The van der Waals surface area contributed by atoms with Crippen molar-refractivity contribution in [3.8, 4) is 0 Å². The highest BCUT2D eigenvalue weighted by molar-refractivity contribution is 6.11. The number of nitrogens with one attached hydrogen (secondary N) is 1. The molecule has 0 fully saturated rings. The Bertz CT molecular complexity index is 988. The Morgan fingerprint density at radius 2 is 1.73 bits per heavy atom. The Morgan fingerprint density at radius 1 is 1.08 bits per heavy atom. The van der Waals surface area contributed by atoms with Crippen LogP contribution in [-0.2, 0) is 13.0 Å². The van der Waals surface area contributed by atoms with Crippen LogP contribution < -0.4 is 10.9 Å². The average molecular weight is 349 g/mol. The molecule has 1 heterocycles. The normalized spacial score (nSPS) is 11.1. The highest BCUT2D eigenvalue weighted by Crippen LogP contribution is 2.16. The fraction of sp³-hybridized carbons (Fsp3) is 0.286. The molecule has 0 unspecified atom stereocenters. The van der Waals surface area contributed by atoms with Crippen LogP contribution in [0.1, 0.15) is 36.8 Å². The molecular formula is C21H23N3O2. The molecule has 0 radical (unpaired) electrons. The molecule has 134 valence electrons. The summed E-state index contributed by atoms with van der Waals surface area (Å²) in [6, 6.07) is 14.8. The van der Waals surface area contributed by atoms with Gasteiger partial charge in [0.25, 0.3) is 11.5 Å². The molecule has 0 aliphatic rings. The van der Waals surface area contributed by atoms with Crippen molar-refractivity contribution in [2.75, 3.05) is 5.32 Å². The van der Waals surface area contributed by atoms with Gasteiger partial charge in [0.15, 0.2) is 5.69 Å². The summed E-state index contributed by atoms with van der Waals surface area (Å²) < 4.78 is 1.39. The van der Waals surface area contributed by atoms with Gasteiger partial charge in [0.2, 0.25) is 0 Å². The smallest absolute Gasteiger partial charge is 0.276 e. The molecule has 5 heteroatoms. The number of aromatic nitrogens is 2. The second kappa shape index (κ2) is 7.52. The lowest BCUT2D eigenvalue weighted by atomic mass is 10.1. The Balaban J connectivity index is 2.03. The van der Waals surface area contributed by atoms with Crippen molar-refractivity contribution in [3.05, 3.63) is 70.1 Å². The van der Waals surface area contributed by atoms with E-state index in [4.69, 9.17) is 0 Å². The molecule has 1 aromatic heterocycles. The van der Waals surface area contributed by atoms with E-state index in [1.54, 1.807) is 18.2 Å². The first-order valence-corrected chi connectivity index (χ1v) is 8.89. The number of hydrogen-bond acceptors (Lipinski definition) is 3. The maximum Gasteiger partial charge on any atom is 0.276 e. The number of rotatable bonds is 5. The summed E-state index contributed by atoms with van der Waals surface area (Å²) in [5, 5.41) is 8.33. The molecule has 0 bridgehead atoms. The van der Waals surface area contributed by atoms with Crippen molar-refractivity contribution in [1.29, 1.82) is 0 Å². The van der Waals surface area contributed by atoms with E-state index in [1.807, 2.05) is 44.2 Å². The van der Waals surface area contributed by atoms with Crippen LogP contribution in [-0.4, -0.2) is 15.7 Å². The number of anilines is 1. The Morgan fingerprint density at radius 3 is 2.35 bits per heavy atom. The molecular weight excluding hydrogens is 326 g/mol. The van der Waals surface area contributed by atoms with Gasteiger partial charge in [0.1, 0.15) is 0 Å². The summed E-state index contributed by atoms with van der Waals surface area (Å²) in [6.45, 7) is 6.58. The van der Waals surface area contributed by atoms with E-state index in [1.165, 1.54) is 10.2 Å². The quantitative estimate of drug-likeness (QED) is 0.760. The third kappa shape index (κ3) is 3.67. The minimum atomic E-state index is -0.317. The molecule has 2 aromatic carbocycles. The second-order valence-corrected chi connectivity index (χ2v) is 6.78. The third-order valence-electron chi connectivity index (χ3n) is 4.24. The summed E-state index contributed by atoms with van der Waals surface area (Å²) in [4.78, 5) is 25.5. The summed E-state index contributed by atoms with van der Waals surface area (Å²) in [7, 11) is 0. The first kappa shape index (κ1) is 17.9. The molecule has 0 aliphatic heterocycles. The van der Waals surface area contributed by atoms with Gasteiger partial charge in [-0.1, -0.05) is 51.1 Å². The van der Waals surface area contributed by atoms with Crippen LogP contribution in [0, 0.1) is 5.92 Å². The molecule has 3 rings (SSSR count). The summed E-state index contributed by atoms with van der Waals surface area (Å²) in [5.74, 6) is -0.0678. The van der Waals surface area contributed by atoms with Crippen LogP contribution in [0.2, 0.25) is 0 Å². The molecule has 1 amide bonds. The number of benzene rings is 2. The third-order valence-corrected chi connectivity index (χ3v) is 4.24. The van der Waals surface area contributed by atoms with Gasteiger partial charge in [-0.15, -0.1) is 0 Å². The zero-order valence-electron chi connectivity index (χ0n) is 15.3. The fourth-order valence-corrected chi connectivity index (χ4v) is 2.89. The van der Waals surface area contributed by atoms with Crippen molar-refractivity contribution < 1.29 is 4.79 Å². The Labute approximate surface area is 152 Å². The zero-order chi connectivity index (χ0) is 18.7. The largest absolute Gasteiger partial charge is 0.321 e. The van der Waals surface area contributed by atoms with Gasteiger partial charge >= 0.3 is 0 Å². The van der Waals surface area contributed by atoms with Gasteiger partial charge in [-0.05, 0) is 36.1 Å². The van der Waals surface area contributed by atoms with Crippen molar-refractivity contribution in [2.45, 2.75) is 33.7 Å². The van der Waals surface area contributed by atoms with Crippen molar-refractivity contribution in [3.63, 3.8) is 0 Å². The number of hydrogen-bond donors (Lipinski definition) is 1. The van der Waals surface area contributed by atoms with Crippen molar-refractivity contribution >= 4 is 22.4 Å². The number of aryl methyl sites for hydroxylation is 1. The number of carbonyl (C=O) groups is 1. The lowest BCUT2D eigenvalue weighted by molar-refractivity contribution is 0.102. The maximum atomic E-state index is 12.8. The van der Waals surface area contributed by atoms with Gasteiger partial charge in [-0.2, -0.15) is 5.10 Å². The van der Waals surface area contributed by atoms with Gasteiger partial charge < -0.3 is 5.32 Å². The van der Waals surface area contributed by atoms with Gasteiger partial charge in [-0.3, -0.25) is 9.59 Å². The van der Waals surface area contributed by atoms with Crippen LogP contribution in [0.15, 0.2) is 53.3 Å². The number of fused-ring (bicyclic) bond motifs is 1. The monoisotopic (exact) mass is 349 g/mol. The van der Waals surface area contributed by atoms with Crippen LogP contribution in [0.4, 0.5) is 5.69 Å². The average Bonchev–Trinajstić information content (AvgIpc) is 2.64. The van der Waals surface area contributed by atoms with E-state index in [0.29, 0.717) is 23.0 Å². The summed E-state index contributed by atoms with van der Waals surface area (Å²) in [5.41, 5.74) is 2.01. The predicted molar refractivity (Wildman–Crippen MR) is 105 cm³/mol. The van der Waals surface area contributed by atoms with E-state index in [0.717, 1.165) is 6.42 Å². The molecule has 0 aliphatic carbocycles. The zero-order valence-corrected chi connectivity index (χ0v) is 15.3. The Hall–Kier alpha value is -2.95. The number of amides is 1. The van der Waals surface area contributed by atoms with E-state index in [-0.39, 0.29) is 23.1 Å². The van der Waals surface area contributed by atoms with E-state index >= 15 is 0 Å². The van der Waals surface area contributed by atoms with Crippen LogP contribution >= 0.6 is 0 Å². The predicted octanol–water partition coefficient (Wildman–Crippen LogP) is 3.87. The van der Waals surface area contributed by atoms with Gasteiger partial charge in [0, 0.05) is 17.6 Å². The first-order valence-electron chi connectivity index (χ1n) is 8.89. The van der Waals surface area contributed by atoms with Gasteiger partial charge in [0.05, 0.1) is 5.39 Å². The standard InChI is InChI=1S/C21H23N3O2/c1-4-15-9-11-16(12-10-15)22-20(25)19-17-7-5-6-8-18(17)21(26)24(23-19)13-14(2)3/h5-12,14H,4,13H2,1-3H3,(H,22,25). The summed E-state index contributed by atoms with van der Waals surface area (Å²) in [6.07, 6.45) is 0.945. The number of nitrogens with zero attached hydrogens (tertiary/aromatic N) is 2. The molecule has 3 aromatic rings. The molecule has 0 spiro atoms. The van der Waals surface area contributed by atoms with Crippen molar-refractivity contribution in [2.24, 2.45) is 5.92 Å². The van der Waals surface area contributed by atoms with E-state index < -0.39 is 0 Å². The fourth-order valence-electron chi connectivity index (χ4n) is 2.89. The molecule has 0 saturated heterocycles. The maximum absolute atomic E-state index is 12.8. The summed E-state index contributed by atoms with van der Waals surface area (Å²) >= 11 is 0. The SMILES string of the molecule is CCc1ccc(NC(=O)c2nn(CC(C)C)c(=O)c3ccccc23)cc1.